The third kappa shape index (κ3) is 1.62. The molecule has 4 saturated carbocycles. The van der Waals surface area contributed by atoms with Crippen LogP contribution in [0.3, 0.4) is 0 Å². The highest BCUT2D eigenvalue weighted by atomic mass is 16.5. The number of aliphatic hydroxyl groups is 1. The molecule has 4 aliphatic rings. The smallest absolute Gasteiger partial charge is 0.0705 e. The molecule has 2 heteroatoms. The van der Waals surface area contributed by atoms with Crippen molar-refractivity contribution in [1.29, 1.82) is 0 Å². The van der Waals surface area contributed by atoms with Gasteiger partial charge in [0.2, 0.25) is 0 Å². The predicted octanol–water partition coefficient (Wildman–Crippen LogP) is 2.74. The highest BCUT2D eigenvalue weighted by Crippen LogP contribution is 2.63. The van der Waals surface area contributed by atoms with E-state index < -0.39 is 0 Å². The van der Waals surface area contributed by atoms with Crippen LogP contribution in [0.25, 0.3) is 0 Å². The first-order chi connectivity index (χ1) is 7.69. The van der Waals surface area contributed by atoms with Gasteiger partial charge in [-0.25, -0.2) is 0 Å². The Morgan fingerprint density at radius 1 is 1.19 bits per heavy atom. The minimum Gasteiger partial charge on any atom is -0.394 e. The van der Waals surface area contributed by atoms with E-state index in [1.807, 2.05) is 0 Å². The van der Waals surface area contributed by atoms with Crippen LogP contribution in [-0.4, -0.2) is 23.9 Å². The molecule has 0 spiro atoms. The van der Waals surface area contributed by atoms with Gasteiger partial charge in [-0.2, -0.15) is 0 Å². The van der Waals surface area contributed by atoms with E-state index >= 15 is 0 Å². The summed E-state index contributed by atoms with van der Waals surface area (Å²) in [4.78, 5) is 0. The van der Waals surface area contributed by atoms with Gasteiger partial charge < -0.3 is 9.84 Å². The fraction of sp³-hybridized carbons (Fsp3) is 1.00. The summed E-state index contributed by atoms with van der Waals surface area (Å²) in [5, 5.41) is 8.96. The van der Waals surface area contributed by atoms with Gasteiger partial charge >= 0.3 is 0 Å². The van der Waals surface area contributed by atoms with Crippen LogP contribution in [0.15, 0.2) is 0 Å². The van der Waals surface area contributed by atoms with Crippen molar-refractivity contribution in [2.75, 3.05) is 13.2 Å². The zero-order valence-corrected chi connectivity index (χ0v) is 10.4. The SMILES string of the molecule is CCC12CC3CC(C1)CC(OCCO)(C3)C2. The van der Waals surface area contributed by atoms with E-state index in [1.54, 1.807) is 0 Å². The van der Waals surface area contributed by atoms with Crippen molar-refractivity contribution >= 4 is 0 Å². The first-order valence-corrected chi connectivity index (χ1v) is 6.94. The van der Waals surface area contributed by atoms with Gasteiger partial charge in [0.05, 0.1) is 18.8 Å². The Hall–Kier alpha value is -0.0800. The van der Waals surface area contributed by atoms with E-state index in [-0.39, 0.29) is 12.2 Å². The highest BCUT2D eigenvalue weighted by Gasteiger charge is 2.57. The third-order valence-corrected chi connectivity index (χ3v) is 5.38. The second-order valence-electron chi connectivity index (χ2n) is 6.57. The molecule has 4 rings (SSSR count). The molecule has 0 aromatic heterocycles. The molecule has 2 nitrogen and oxygen atoms in total. The molecule has 0 aromatic rings. The molecule has 0 heterocycles. The first-order valence-electron chi connectivity index (χ1n) is 6.94. The molecule has 0 aliphatic heterocycles. The van der Waals surface area contributed by atoms with Crippen molar-refractivity contribution < 1.29 is 9.84 Å². The maximum atomic E-state index is 8.96. The second kappa shape index (κ2) is 3.71. The molecule has 2 atom stereocenters. The normalized spacial score (nSPS) is 49.9. The maximum absolute atomic E-state index is 8.96. The fourth-order valence-corrected chi connectivity index (χ4v) is 5.21. The molecule has 4 fully saturated rings. The van der Waals surface area contributed by atoms with Gasteiger partial charge in [0, 0.05) is 0 Å². The van der Waals surface area contributed by atoms with E-state index in [0.29, 0.717) is 12.0 Å². The Morgan fingerprint density at radius 3 is 2.44 bits per heavy atom. The molecule has 0 aromatic carbocycles. The van der Waals surface area contributed by atoms with Gasteiger partial charge in [-0.15, -0.1) is 0 Å². The van der Waals surface area contributed by atoms with Gasteiger partial charge in [0.1, 0.15) is 0 Å². The Morgan fingerprint density at radius 2 is 1.88 bits per heavy atom. The first kappa shape index (κ1) is 11.0. The summed E-state index contributed by atoms with van der Waals surface area (Å²) in [6.45, 7) is 3.07. The quantitative estimate of drug-likeness (QED) is 0.795. The van der Waals surface area contributed by atoms with E-state index in [2.05, 4.69) is 6.92 Å². The number of hydrogen-bond donors (Lipinski definition) is 1. The van der Waals surface area contributed by atoms with Gasteiger partial charge in [-0.05, 0) is 55.8 Å². The monoisotopic (exact) mass is 224 g/mol. The summed E-state index contributed by atoms with van der Waals surface area (Å²) in [6.07, 6.45) is 9.48. The van der Waals surface area contributed by atoms with Crippen LogP contribution in [0.1, 0.15) is 51.9 Å². The highest BCUT2D eigenvalue weighted by molar-refractivity contribution is 5.08. The van der Waals surface area contributed by atoms with E-state index in [9.17, 15) is 0 Å². The van der Waals surface area contributed by atoms with Crippen LogP contribution in [0, 0.1) is 17.3 Å². The zero-order chi connectivity index (χ0) is 11.2. The Labute approximate surface area is 98.4 Å². The van der Waals surface area contributed by atoms with Crippen molar-refractivity contribution in [3.05, 3.63) is 0 Å². The summed E-state index contributed by atoms with van der Waals surface area (Å²) >= 11 is 0. The van der Waals surface area contributed by atoms with Crippen LogP contribution < -0.4 is 0 Å². The fourth-order valence-electron chi connectivity index (χ4n) is 5.21. The van der Waals surface area contributed by atoms with Gasteiger partial charge in [-0.3, -0.25) is 0 Å². The second-order valence-corrected chi connectivity index (χ2v) is 6.57. The van der Waals surface area contributed by atoms with E-state index in [4.69, 9.17) is 9.84 Å². The molecule has 0 saturated heterocycles. The minimum atomic E-state index is 0.156. The lowest BCUT2D eigenvalue weighted by molar-refractivity contribution is -0.196. The summed E-state index contributed by atoms with van der Waals surface area (Å²) in [5.41, 5.74) is 0.752. The summed E-state index contributed by atoms with van der Waals surface area (Å²) < 4.78 is 6.07. The summed E-state index contributed by atoms with van der Waals surface area (Å²) in [5.74, 6) is 1.83. The summed E-state index contributed by atoms with van der Waals surface area (Å²) in [7, 11) is 0. The van der Waals surface area contributed by atoms with Crippen LogP contribution in [0.5, 0.6) is 0 Å². The van der Waals surface area contributed by atoms with Crippen molar-refractivity contribution in [1.82, 2.24) is 0 Å². The van der Waals surface area contributed by atoms with Gasteiger partial charge in [-0.1, -0.05) is 13.3 Å². The Balaban J connectivity index is 1.81. The van der Waals surface area contributed by atoms with Crippen LogP contribution in [-0.2, 0) is 4.74 Å². The molecule has 92 valence electrons. The number of hydrogen-bond acceptors (Lipinski definition) is 2. The third-order valence-electron chi connectivity index (χ3n) is 5.38. The molecular formula is C14H24O2. The standard InChI is InChI=1S/C14H24O2/c1-2-13-6-11-5-12(7-13)9-14(8-11,10-13)16-4-3-15/h11-12,15H,2-10H2,1H3. The molecule has 0 radical (unpaired) electrons. The lowest BCUT2D eigenvalue weighted by Crippen LogP contribution is -2.56. The molecule has 1 N–H and O–H groups in total. The van der Waals surface area contributed by atoms with Crippen molar-refractivity contribution in [2.45, 2.75) is 57.5 Å². The van der Waals surface area contributed by atoms with Crippen LogP contribution in [0.2, 0.25) is 0 Å². The number of rotatable bonds is 4. The molecule has 2 unspecified atom stereocenters. The van der Waals surface area contributed by atoms with Gasteiger partial charge in [0.25, 0.3) is 0 Å². The average molecular weight is 224 g/mol. The van der Waals surface area contributed by atoms with E-state index in [0.717, 1.165) is 11.8 Å². The zero-order valence-electron chi connectivity index (χ0n) is 10.4. The molecule has 16 heavy (non-hydrogen) atoms. The Bertz CT molecular complexity index is 260. The predicted molar refractivity (Wildman–Crippen MR) is 63.2 cm³/mol. The minimum absolute atomic E-state index is 0.156. The molecule has 4 aliphatic carbocycles. The van der Waals surface area contributed by atoms with Crippen LogP contribution >= 0.6 is 0 Å². The largest absolute Gasteiger partial charge is 0.394 e. The summed E-state index contributed by atoms with van der Waals surface area (Å²) in [6, 6.07) is 0. The molecule has 0 amide bonds. The maximum Gasteiger partial charge on any atom is 0.0705 e. The topological polar surface area (TPSA) is 29.5 Å². The lowest BCUT2D eigenvalue weighted by Gasteiger charge is -2.61. The van der Waals surface area contributed by atoms with Crippen LogP contribution in [0.4, 0.5) is 0 Å². The Kier molecular flexibility index (Phi) is 2.56. The van der Waals surface area contributed by atoms with Crippen molar-refractivity contribution in [3.63, 3.8) is 0 Å². The van der Waals surface area contributed by atoms with E-state index in [1.165, 1.54) is 44.9 Å². The van der Waals surface area contributed by atoms with Crippen molar-refractivity contribution in [3.8, 4) is 0 Å². The molecular weight excluding hydrogens is 200 g/mol. The number of ether oxygens (including phenoxy) is 1. The van der Waals surface area contributed by atoms with Gasteiger partial charge in [0.15, 0.2) is 0 Å². The van der Waals surface area contributed by atoms with Crippen molar-refractivity contribution in [2.24, 2.45) is 17.3 Å². The number of aliphatic hydroxyl groups excluding tert-OH is 1. The molecule has 4 bridgehead atoms. The lowest BCUT2D eigenvalue weighted by atomic mass is 9.47. The average Bonchev–Trinajstić information content (AvgIpc) is 2.25.